The van der Waals surface area contributed by atoms with E-state index < -0.39 is 41.8 Å². The number of nitrogens with zero attached hydrogens (tertiary/aromatic N) is 3. The maximum Gasteiger partial charge on any atom is 0.352 e. The van der Waals surface area contributed by atoms with E-state index in [1.165, 1.54) is 23.2 Å². The highest BCUT2D eigenvalue weighted by molar-refractivity contribution is 8.00. The summed E-state index contributed by atoms with van der Waals surface area (Å²) in [5.74, 6) is -3.04. The maximum absolute atomic E-state index is 12.8. The Morgan fingerprint density at radius 3 is 2.84 bits per heavy atom. The minimum Gasteiger partial charge on any atom is -0.477 e. The molecule has 3 heterocycles. The number of nitrogens with two attached hydrogens (primary N) is 1. The first-order valence-corrected chi connectivity index (χ1v) is 10.5. The molecular formula is C17H17N5O7S2. The summed E-state index contributed by atoms with van der Waals surface area (Å²) in [5, 5.41) is 16.7. The molecule has 2 amide bonds. The van der Waals surface area contributed by atoms with Crippen LogP contribution in [-0.4, -0.2) is 75.3 Å². The van der Waals surface area contributed by atoms with E-state index >= 15 is 0 Å². The zero-order valence-electron chi connectivity index (χ0n) is 16.1. The van der Waals surface area contributed by atoms with Gasteiger partial charge in [-0.1, -0.05) is 17.8 Å². The van der Waals surface area contributed by atoms with E-state index in [4.69, 9.17) is 10.6 Å². The number of amides is 2. The number of aromatic nitrogens is 1. The number of carboxylic acid groups (broad SMARTS) is 1. The van der Waals surface area contributed by atoms with Crippen molar-refractivity contribution < 1.29 is 33.9 Å². The molecule has 0 radical (unpaired) electrons. The molecule has 2 atom stereocenters. The number of thioether (sulfide) groups is 1. The number of ether oxygens (including phenoxy) is 1. The number of methoxy groups -OCH3 is 1. The first kappa shape index (κ1) is 22.3. The summed E-state index contributed by atoms with van der Waals surface area (Å²) in [6.45, 7) is 3.03. The second kappa shape index (κ2) is 9.18. The third-order valence-electron chi connectivity index (χ3n) is 4.28. The summed E-state index contributed by atoms with van der Waals surface area (Å²) in [6.07, 6.45) is 1.39. The van der Waals surface area contributed by atoms with E-state index in [0.717, 1.165) is 23.3 Å². The Morgan fingerprint density at radius 2 is 2.26 bits per heavy atom. The lowest BCUT2D eigenvalue weighted by Gasteiger charge is -2.49. The van der Waals surface area contributed by atoms with Crippen molar-refractivity contribution in [2.45, 2.75) is 11.4 Å². The first-order valence-electron chi connectivity index (χ1n) is 8.61. The van der Waals surface area contributed by atoms with E-state index in [9.17, 15) is 24.3 Å². The average molecular weight is 467 g/mol. The minimum absolute atomic E-state index is 0.0878. The summed E-state index contributed by atoms with van der Waals surface area (Å²) in [7, 11) is 1.16. The molecule has 0 unspecified atom stereocenters. The number of rotatable bonds is 8. The quantitative estimate of drug-likeness (QED) is 0.196. The lowest BCUT2D eigenvalue weighted by Crippen LogP contribution is -2.71. The fourth-order valence-electron chi connectivity index (χ4n) is 2.82. The Kier molecular flexibility index (Phi) is 6.60. The van der Waals surface area contributed by atoms with Gasteiger partial charge in [0.1, 0.15) is 22.8 Å². The zero-order valence-corrected chi connectivity index (χ0v) is 17.7. The van der Waals surface area contributed by atoms with Gasteiger partial charge in [0.25, 0.3) is 11.8 Å². The Hall–Kier alpha value is -3.39. The normalized spacial score (nSPS) is 20.5. The van der Waals surface area contributed by atoms with Crippen molar-refractivity contribution in [3.05, 3.63) is 35.0 Å². The van der Waals surface area contributed by atoms with E-state index in [-0.39, 0.29) is 22.2 Å². The average Bonchev–Trinajstić information content (AvgIpc) is 3.18. The number of allylic oxidation sites excluding steroid dienone is 1. The smallest absolute Gasteiger partial charge is 0.352 e. The number of oxime groups is 1. The monoisotopic (exact) mass is 467 g/mol. The molecule has 1 fully saturated rings. The number of carbonyl (C=O) groups excluding carboxylic acids is 3. The second-order valence-electron chi connectivity index (χ2n) is 6.10. The van der Waals surface area contributed by atoms with Crippen molar-refractivity contribution in [1.82, 2.24) is 15.2 Å². The molecule has 31 heavy (non-hydrogen) atoms. The van der Waals surface area contributed by atoms with E-state index in [1.54, 1.807) is 0 Å². The number of hydrogen-bond donors (Lipinski definition) is 3. The molecule has 3 rings (SSSR count). The summed E-state index contributed by atoms with van der Waals surface area (Å²) >= 11 is 2.35. The molecule has 0 spiro atoms. The number of β-lactam (4-membered cyclic amide) rings is 1. The van der Waals surface area contributed by atoms with Crippen LogP contribution in [-0.2, 0) is 28.8 Å². The van der Waals surface area contributed by atoms with Crippen molar-refractivity contribution in [1.29, 1.82) is 0 Å². The maximum atomic E-state index is 12.8. The molecule has 12 nitrogen and oxygen atoms in total. The fourth-order valence-corrected chi connectivity index (χ4v) is 4.71. The van der Waals surface area contributed by atoms with Crippen LogP contribution in [0.4, 0.5) is 5.13 Å². The van der Waals surface area contributed by atoms with Gasteiger partial charge in [0, 0.05) is 11.1 Å². The van der Waals surface area contributed by atoms with Crippen molar-refractivity contribution in [3.63, 3.8) is 0 Å². The SMILES string of the molecule is C=CC1=C(C(=O)O)N2C(=O)[C@@H](NC(=O)/C(=N\OCC(=O)OC)c3csc(N)n3)[C@H]2SC1. The number of carbonyl (C=O) groups is 4. The number of carboxylic acids is 1. The molecule has 1 aromatic rings. The van der Waals surface area contributed by atoms with Crippen LogP contribution in [0.15, 0.2) is 34.5 Å². The van der Waals surface area contributed by atoms with Gasteiger partial charge in [-0.25, -0.2) is 14.6 Å². The highest BCUT2D eigenvalue weighted by Gasteiger charge is 2.54. The molecule has 4 N–H and O–H groups in total. The minimum atomic E-state index is -1.25. The molecule has 164 valence electrons. The molecule has 1 saturated heterocycles. The Morgan fingerprint density at radius 1 is 1.52 bits per heavy atom. The molecule has 0 aromatic carbocycles. The molecule has 14 heteroatoms. The van der Waals surface area contributed by atoms with Gasteiger partial charge >= 0.3 is 11.9 Å². The van der Waals surface area contributed by atoms with Gasteiger partial charge < -0.3 is 25.7 Å². The Balaban J connectivity index is 1.78. The van der Waals surface area contributed by atoms with Crippen LogP contribution in [0.2, 0.25) is 0 Å². The molecule has 0 aliphatic carbocycles. The van der Waals surface area contributed by atoms with E-state index in [0.29, 0.717) is 11.3 Å². The number of thiazole rings is 1. The first-order chi connectivity index (χ1) is 14.8. The van der Waals surface area contributed by atoms with Gasteiger partial charge in [0.2, 0.25) is 6.61 Å². The molecule has 0 bridgehead atoms. The number of hydrogen-bond acceptors (Lipinski definition) is 11. The highest BCUT2D eigenvalue weighted by atomic mass is 32.2. The third kappa shape index (κ3) is 4.39. The van der Waals surface area contributed by atoms with Crippen LogP contribution < -0.4 is 11.1 Å². The van der Waals surface area contributed by atoms with Gasteiger partial charge in [-0.3, -0.25) is 14.5 Å². The van der Waals surface area contributed by atoms with E-state index in [1.807, 2.05) is 0 Å². The molecule has 2 aliphatic heterocycles. The summed E-state index contributed by atoms with van der Waals surface area (Å²) in [6, 6.07) is -0.986. The van der Waals surface area contributed by atoms with Crippen LogP contribution in [0.5, 0.6) is 0 Å². The Labute approximate surface area is 183 Å². The van der Waals surface area contributed by atoms with Crippen molar-refractivity contribution >= 4 is 57.7 Å². The largest absolute Gasteiger partial charge is 0.477 e. The Bertz CT molecular complexity index is 1020. The van der Waals surface area contributed by atoms with Crippen LogP contribution in [0.1, 0.15) is 5.69 Å². The van der Waals surface area contributed by atoms with Crippen molar-refractivity contribution in [2.75, 3.05) is 25.2 Å². The fraction of sp³-hybridized carbons (Fsp3) is 0.294. The van der Waals surface area contributed by atoms with E-state index in [2.05, 4.69) is 26.8 Å². The topological polar surface area (TPSA) is 174 Å². The second-order valence-corrected chi connectivity index (χ2v) is 8.10. The predicted molar refractivity (Wildman–Crippen MR) is 111 cm³/mol. The number of nitrogens with one attached hydrogen (secondary N) is 1. The summed E-state index contributed by atoms with van der Waals surface area (Å²) < 4.78 is 4.43. The van der Waals surface area contributed by atoms with Crippen molar-refractivity contribution in [3.8, 4) is 0 Å². The van der Waals surface area contributed by atoms with Gasteiger partial charge in [-0.15, -0.1) is 23.1 Å². The number of fused-ring (bicyclic) bond motifs is 1. The predicted octanol–water partition coefficient (Wildman–Crippen LogP) is -0.456. The third-order valence-corrected chi connectivity index (χ3v) is 6.25. The lowest BCUT2D eigenvalue weighted by atomic mass is 10.0. The van der Waals surface area contributed by atoms with Gasteiger partial charge in [0.05, 0.1) is 7.11 Å². The van der Waals surface area contributed by atoms with Crippen LogP contribution >= 0.6 is 23.1 Å². The van der Waals surface area contributed by atoms with Crippen LogP contribution in [0.3, 0.4) is 0 Å². The standard InChI is InChI=1S/C17H17N5O7S2/c1-3-7-5-30-15-11(14(25)22(15)12(7)16(26)27)20-13(24)10(8-6-31-17(18)19-8)21-29-4-9(23)28-2/h3,6,11,15H,1,4-5H2,2H3,(H2,18,19)(H,20,24)(H,26,27)/b21-10-/t11-,15-/m1/s1. The van der Waals surface area contributed by atoms with Crippen LogP contribution in [0, 0.1) is 0 Å². The van der Waals surface area contributed by atoms with Gasteiger partial charge in [-0.2, -0.15) is 0 Å². The van der Waals surface area contributed by atoms with Crippen LogP contribution in [0.25, 0.3) is 0 Å². The highest BCUT2D eigenvalue weighted by Crippen LogP contribution is 2.40. The number of aliphatic carboxylic acids is 1. The number of esters is 1. The number of anilines is 1. The molecule has 1 aromatic heterocycles. The summed E-state index contributed by atoms with van der Waals surface area (Å²) in [5.41, 5.74) is 5.66. The molecular weight excluding hydrogens is 450 g/mol. The summed E-state index contributed by atoms with van der Waals surface area (Å²) in [4.78, 5) is 58.2. The lowest BCUT2D eigenvalue weighted by molar-refractivity contribution is -0.150. The van der Waals surface area contributed by atoms with Gasteiger partial charge in [0.15, 0.2) is 10.8 Å². The van der Waals surface area contributed by atoms with Gasteiger partial charge in [-0.05, 0) is 5.57 Å². The molecule has 0 saturated carbocycles. The van der Waals surface area contributed by atoms with Crippen molar-refractivity contribution in [2.24, 2.45) is 5.16 Å². The molecule has 2 aliphatic rings. The number of nitrogen functional groups attached to an aromatic ring is 1. The zero-order chi connectivity index (χ0) is 22.7.